The van der Waals surface area contributed by atoms with Crippen molar-refractivity contribution in [2.75, 3.05) is 18.8 Å². The van der Waals surface area contributed by atoms with E-state index in [9.17, 15) is 25.3 Å². The smallest absolute Gasteiger partial charge is 0.229 e. The third kappa shape index (κ3) is 10.8. The van der Waals surface area contributed by atoms with Gasteiger partial charge in [0, 0.05) is 18.8 Å². The minimum absolute atomic E-state index is 0.000313. The molecule has 34 heavy (non-hydrogen) atoms. The molecular formula is C24H51AlO6S3. The van der Waals surface area contributed by atoms with Gasteiger partial charge in [-0.15, -0.1) is 0 Å². The number of rotatable bonds is 18. The Kier molecular flexibility index (Phi) is 15.1. The van der Waals surface area contributed by atoms with E-state index >= 15 is 0 Å². The van der Waals surface area contributed by atoms with E-state index in [0.717, 1.165) is 38.5 Å². The highest BCUT2D eigenvalue weighted by Crippen LogP contribution is 2.34. The van der Waals surface area contributed by atoms with Crippen LogP contribution in [0.25, 0.3) is 0 Å². The van der Waals surface area contributed by atoms with Crippen LogP contribution in [-0.4, -0.2) is 73.9 Å². The number of hydrogen-bond acceptors (Lipinski definition) is 6. The lowest BCUT2D eigenvalue weighted by molar-refractivity contribution is 0.448. The molecule has 204 valence electrons. The molecule has 0 saturated heterocycles. The molecule has 0 aromatic rings. The predicted molar refractivity (Wildman–Crippen MR) is 148 cm³/mol. The zero-order valence-corrected chi connectivity index (χ0v) is 26.7. The van der Waals surface area contributed by atoms with Crippen LogP contribution in [0.1, 0.15) is 80.1 Å². The van der Waals surface area contributed by atoms with Crippen molar-refractivity contribution in [3.63, 3.8) is 0 Å². The quantitative estimate of drug-likeness (QED) is 0.219. The number of hydrogen-bond donors (Lipinski definition) is 0. The molecule has 0 aromatic carbocycles. The Morgan fingerprint density at radius 3 is 0.735 bits per heavy atom. The average Bonchev–Trinajstić information content (AvgIpc) is 2.71. The highest BCUT2D eigenvalue weighted by Gasteiger charge is 2.41. The van der Waals surface area contributed by atoms with Crippen molar-refractivity contribution in [1.29, 1.82) is 0 Å². The molecule has 0 radical (unpaired) electrons. The summed E-state index contributed by atoms with van der Waals surface area (Å²) in [5, 5.41) is -0.273. The van der Waals surface area contributed by atoms with Gasteiger partial charge in [0.1, 0.15) is 29.5 Å². The maximum atomic E-state index is 12.9. The Morgan fingerprint density at radius 2 is 0.618 bits per heavy atom. The molecule has 10 heteroatoms. The van der Waals surface area contributed by atoms with Crippen molar-refractivity contribution >= 4 is 43.7 Å². The van der Waals surface area contributed by atoms with Crippen LogP contribution >= 0.6 is 0 Å². The molecular weight excluding hydrogens is 507 g/mol. The van der Waals surface area contributed by atoms with Crippen LogP contribution in [0.4, 0.5) is 0 Å². The molecule has 0 rings (SSSR count). The summed E-state index contributed by atoms with van der Waals surface area (Å²) in [6.45, 7) is 12.0. The zero-order chi connectivity index (χ0) is 26.9. The van der Waals surface area contributed by atoms with Crippen molar-refractivity contribution in [1.82, 2.24) is 0 Å². The summed E-state index contributed by atoms with van der Waals surface area (Å²) >= 11 is -2.10. The Bertz CT molecular complexity index is 768. The molecule has 0 heterocycles. The standard InChI is InChI=1S/3C8H17O2S.Al/c3*1-5-8(6-2)7(3)11(4,9)10;/h3*7-8H,3,5-6H2,1-2,4H3;. The van der Waals surface area contributed by atoms with Gasteiger partial charge in [0.05, 0.1) is 15.7 Å². The molecule has 0 fully saturated rings. The normalized spacial score (nSPS) is 16.2. The lowest BCUT2D eigenvalue weighted by atomic mass is 10.00. The van der Waals surface area contributed by atoms with Gasteiger partial charge in [-0.25, -0.2) is 25.3 Å². The van der Waals surface area contributed by atoms with E-state index in [4.69, 9.17) is 0 Å². The molecule has 0 aliphatic rings. The Balaban J connectivity index is 6.62. The summed E-state index contributed by atoms with van der Waals surface area (Å²) < 4.78 is 77.2. The van der Waals surface area contributed by atoms with E-state index < -0.39 is 59.4 Å². The van der Waals surface area contributed by atoms with E-state index in [1.54, 1.807) is 0 Å². The van der Waals surface area contributed by atoms with Crippen LogP contribution in [0.5, 0.6) is 0 Å². The fourth-order valence-electron chi connectivity index (χ4n) is 5.87. The lowest BCUT2D eigenvalue weighted by Crippen LogP contribution is -2.41. The predicted octanol–water partition coefficient (Wildman–Crippen LogP) is 5.03. The summed E-state index contributed by atoms with van der Waals surface area (Å²) in [5.74, 6) is -0.000939. The van der Waals surface area contributed by atoms with Crippen LogP contribution < -0.4 is 0 Å². The lowest BCUT2D eigenvalue weighted by Gasteiger charge is -2.32. The van der Waals surface area contributed by atoms with Gasteiger partial charge < -0.3 is 0 Å². The number of sulfone groups is 3. The van der Waals surface area contributed by atoms with Crippen LogP contribution in [0.2, 0.25) is 15.8 Å². The Labute approximate surface area is 216 Å². The Hall–Kier alpha value is 0.382. The van der Waals surface area contributed by atoms with Gasteiger partial charge in [-0.05, 0) is 17.8 Å². The van der Waals surface area contributed by atoms with Crippen molar-refractivity contribution in [2.45, 2.75) is 112 Å². The Morgan fingerprint density at radius 1 is 0.441 bits per heavy atom. The molecule has 0 bridgehead atoms. The first-order valence-corrected chi connectivity index (χ1v) is 21.4. The van der Waals surface area contributed by atoms with Crippen molar-refractivity contribution in [3.8, 4) is 0 Å². The third-order valence-electron chi connectivity index (χ3n) is 8.07. The maximum absolute atomic E-state index is 12.9. The second-order valence-electron chi connectivity index (χ2n) is 10.4. The first kappa shape index (κ1) is 34.4. The summed E-state index contributed by atoms with van der Waals surface area (Å²) in [5.41, 5.74) is 0. The molecule has 0 N–H and O–H groups in total. The summed E-state index contributed by atoms with van der Waals surface area (Å²) in [4.78, 5) is 0. The van der Waals surface area contributed by atoms with Crippen molar-refractivity contribution in [3.05, 3.63) is 0 Å². The monoisotopic (exact) mass is 558 g/mol. The average molecular weight is 559 g/mol. The highest BCUT2D eigenvalue weighted by molar-refractivity contribution is 7.92. The van der Waals surface area contributed by atoms with Crippen LogP contribution in [-0.2, 0) is 29.5 Å². The highest BCUT2D eigenvalue weighted by atomic mass is 32.2. The van der Waals surface area contributed by atoms with Crippen LogP contribution in [0.15, 0.2) is 0 Å². The zero-order valence-electron chi connectivity index (χ0n) is 23.1. The first-order valence-electron chi connectivity index (χ1n) is 13.1. The van der Waals surface area contributed by atoms with Crippen molar-refractivity contribution in [2.24, 2.45) is 17.8 Å². The van der Waals surface area contributed by atoms with Crippen LogP contribution in [0, 0.1) is 17.8 Å². The molecule has 3 atom stereocenters. The van der Waals surface area contributed by atoms with Gasteiger partial charge in [-0.2, -0.15) is 0 Å². The van der Waals surface area contributed by atoms with Gasteiger partial charge in [0.2, 0.25) is 0 Å². The summed E-state index contributed by atoms with van der Waals surface area (Å²) in [6.07, 6.45) is 8.26. The molecule has 6 nitrogen and oxygen atoms in total. The van der Waals surface area contributed by atoms with E-state index in [0.29, 0.717) is 15.8 Å². The largest absolute Gasteiger partial charge is 0.266 e. The van der Waals surface area contributed by atoms with E-state index in [1.165, 1.54) is 18.8 Å². The molecule has 0 aliphatic carbocycles. The van der Waals surface area contributed by atoms with Gasteiger partial charge in [0.15, 0.2) is 0 Å². The summed E-state index contributed by atoms with van der Waals surface area (Å²) in [7, 11) is -10.1. The maximum Gasteiger partial charge on any atom is 0.266 e. The van der Waals surface area contributed by atoms with Gasteiger partial charge in [0.25, 0.3) is 14.1 Å². The minimum atomic E-state index is -3.35. The van der Waals surface area contributed by atoms with Crippen LogP contribution in [0.3, 0.4) is 0 Å². The van der Waals surface area contributed by atoms with E-state index in [-0.39, 0.29) is 17.8 Å². The molecule has 0 aromatic heterocycles. The van der Waals surface area contributed by atoms with E-state index in [1.807, 2.05) is 41.5 Å². The van der Waals surface area contributed by atoms with Gasteiger partial charge in [-0.1, -0.05) is 95.9 Å². The summed E-state index contributed by atoms with van der Waals surface area (Å²) in [6, 6.07) is 0. The minimum Gasteiger partial charge on any atom is -0.229 e. The van der Waals surface area contributed by atoms with Gasteiger partial charge >= 0.3 is 0 Å². The van der Waals surface area contributed by atoms with Gasteiger partial charge in [-0.3, -0.25) is 0 Å². The van der Waals surface area contributed by atoms with E-state index in [2.05, 4.69) is 0 Å². The molecule has 0 aliphatic heterocycles. The fraction of sp³-hybridized carbons (Fsp3) is 1.00. The molecule has 0 saturated carbocycles. The molecule has 0 spiro atoms. The second-order valence-corrected chi connectivity index (χ2v) is 20.3. The first-order chi connectivity index (χ1) is 15.5. The second kappa shape index (κ2) is 15.0. The third-order valence-corrected chi connectivity index (χ3v) is 17.7. The molecule has 0 amide bonds. The fourth-order valence-corrected chi connectivity index (χ4v) is 19.5. The SMILES string of the molecule is CCC(CC)C([CH2][Al]([CH2]C(C(CC)CC)S(C)(=O)=O)[CH2]C(C(CC)CC)S(C)(=O)=O)S(C)(=O)=O. The molecule has 3 unspecified atom stereocenters. The van der Waals surface area contributed by atoms with Crippen molar-refractivity contribution < 1.29 is 25.3 Å². The topological polar surface area (TPSA) is 102 Å².